The van der Waals surface area contributed by atoms with Crippen LogP contribution in [0.3, 0.4) is 0 Å². The van der Waals surface area contributed by atoms with Crippen LogP contribution in [0.2, 0.25) is 5.02 Å². The van der Waals surface area contributed by atoms with Crippen LogP contribution in [-0.4, -0.2) is 62.3 Å². The van der Waals surface area contributed by atoms with Crippen molar-refractivity contribution in [2.75, 3.05) is 24.7 Å². The second-order valence-electron chi connectivity index (χ2n) is 9.16. The standard InChI is InChI=1S/C26H30ClN7O3/c1-5-20(17-7-6-8-18(27)15-17)32(3)26(37)34-22(24(36)33(4)25-30-11-12-31(25)2)19(23(34)35)13-16-9-10-29-21(28)14-16/h6-12,14-15,19-20,22H,5,13H2,1-4H3,(H2,28,29)/t19-,20-,22+/m1/s1. The summed E-state index contributed by atoms with van der Waals surface area (Å²) in [6, 6.07) is 8.79. The minimum Gasteiger partial charge on any atom is -0.384 e. The summed E-state index contributed by atoms with van der Waals surface area (Å²) in [7, 11) is 4.98. The Kier molecular flexibility index (Phi) is 7.49. The van der Waals surface area contributed by atoms with Crippen molar-refractivity contribution in [2.45, 2.75) is 31.8 Å². The molecular formula is C26H30ClN7O3. The zero-order valence-corrected chi connectivity index (χ0v) is 22.0. The molecule has 3 atom stereocenters. The molecule has 0 unspecified atom stereocenters. The van der Waals surface area contributed by atoms with Crippen LogP contribution in [0, 0.1) is 5.92 Å². The second-order valence-corrected chi connectivity index (χ2v) is 9.60. The molecule has 1 aliphatic rings. The van der Waals surface area contributed by atoms with E-state index in [1.54, 1.807) is 68.6 Å². The molecular weight excluding hydrogens is 494 g/mol. The SMILES string of the molecule is CC[C@H](c1cccc(Cl)c1)N(C)C(=O)N1C(=O)[C@H](Cc2ccnc(N)c2)[C@H]1C(=O)N(C)c1nccn1C. The number of carbonyl (C=O) groups excluding carboxylic acids is 3. The fourth-order valence-corrected chi connectivity index (χ4v) is 5.05. The van der Waals surface area contributed by atoms with Crippen LogP contribution in [0.4, 0.5) is 16.6 Å². The van der Waals surface area contributed by atoms with Crippen molar-refractivity contribution in [2.24, 2.45) is 13.0 Å². The summed E-state index contributed by atoms with van der Waals surface area (Å²) in [5, 5.41) is 0.554. The number of rotatable bonds is 7. The van der Waals surface area contributed by atoms with Gasteiger partial charge in [0.25, 0.3) is 5.91 Å². The Morgan fingerprint density at radius 1 is 1.16 bits per heavy atom. The zero-order valence-electron chi connectivity index (χ0n) is 21.2. The lowest BCUT2D eigenvalue weighted by Crippen LogP contribution is -2.70. The highest BCUT2D eigenvalue weighted by atomic mass is 35.5. The minimum atomic E-state index is -1.00. The summed E-state index contributed by atoms with van der Waals surface area (Å²) in [6.45, 7) is 1.95. The summed E-state index contributed by atoms with van der Waals surface area (Å²) in [4.78, 5) is 53.0. The van der Waals surface area contributed by atoms with Crippen LogP contribution in [0.1, 0.15) is 30.5 Å². The van der Waals surface area contributed by atoms with Gasteiger partial charge in [0.15, 0.2) is 0 Å². The van der Waals surface area contributed by atoms with Gasteiger partial charge in [-0.2, -0.15) is 0 Å². The highest BCUT2D eigenvalue weighted by Crippen LogP contribution is 2.35. The van der Waals surface area contributed by atoms with Gasteiger partial charge in [0, 0.05) is 44.8 Å². The van der Waals surface area contributed by atoms with Crippen LogP contribution in [-0.2, 0) is 23.1 Å². The number of imide groups is 1. The van der Waals surface area contributed by atoms with Gasteiger partial charge in [0.1, 0.15) is 11.9 Å². The van der Waals surface area contributed by atoms with Crippen molar-refractivity contribution in [1.29, 1.82) is 0 Å². The maximum Gasteiger partial charge on any atom is 0.327 e. The summed E-state index contributed by atoms with van der Waals surface area (Å²) in [5.74, 6) is -0.835. The van der Waals surface area contributed by atoms with E-state index in [0.29, 0.717) is 23.2 Å². The van der Waals surface area contributed by atoms with E-state index in [1.165, 1.54) is 9.80 Å². The molecule has 1 aromatic carbocycles. The highest BCUT2D eigenvalue weighted by Gasteiger charge is 2.56. The summed E-state index contributed by atoms with van der Waals surface area (Å²) in [5.41, 5.74) is 7.42. The molecule has 0 bridgehead atoms. The Labute approximate surface area is 220 Å². The zero-order chi connectivity index (χ0) is 26.9. The van der Waals surface area contributed by atoms with Gasteiger partial charge in [-0.1, -0.05) is 30.7 Å². The molecule has 2 N–H and O–H groups in total. The molecule has 11 heteroatoms. The molecule has 4 rings (SSSR count). The predicted octanol–water partition coefficient (Wildman–Crippen LogP) is 3.29. The van der Waals surface area contributed by atoms with E-state index >= 15 is 0 Å². The Balaban J connectivity index is 1.65. The molecule has 10 nitrogen and oxygen atoms in total. The number of likely N-dealkylation sites (tertiary alicyclic amines) is 1. The van der Waals surface area contributed by atoms with Crippen molar-refractivity contribution in [3.05, 3.63) is 71.1 Å². The maximum atomic E-state index is 13.7. The first kappa shape index (κ1) is 26.2. The van der Waals surface area contributed by atoms with Crippen LogP contribution < -0.4 is 10.6 Å². The van der Waals surface area contributed by atoms with E-state index in [1.807, 2.05) is 19.1 Å². The molecule has 0 radical (unpaired) electrons. The lowest BCUT2D eigenvalue weighted by atomic mass is 9.81. The smallest absolute Gasteiger partial charge is 0.327 e. The van der Waals surface area contributed by atoms with E-state index in [-0.39, 0.29) is 12.5 Å². The summed E-state index contributed by atoms with van der Waals surface area (Å²) in [6.07, 6.45) is 5.69. The first-order valence-corrected chi connectivity index (χ1v) is 12.3. The van der Waals surface area contributed by atoms with E-state index in [9.17, 15) is 14.4 Å². The van der Waals surface area contributed by atoms with E-state index in [4.69, 9.17) is 17.3 Å². The number of aromatic nitrogens is 3. The predicted molar refractivity (Wildman–Crippen MR) is 141 cm³/mol. The third kappa shape index (κ3) is 5.01. The van der Waals surface area contributed by atoms with Crippen molar-refractivity contribution in [3.63, 3.8) is 0 Å². The number of nitrogen functional groups attached to an aromatic ring is 1. The van der Waals surface area contributed by atoms with Gasteiger partial charge in [-0.3, -0.25) is 19.4 Å². The number of benzene rings is 1. The van der Waals surface area contributed by atoms with Crippen LogP contribution in [0.25, 0.3) is 0 Å². The number of likely N-dealkylation sites (N-methyl/N-ethyl adjacent to an activating group) is 1. The number of carbonyl (C=O) groups is 3. The Hall–Kier alpha value is -3.92. The lowest BCUT2D eigenvalue weighted by Gasteiger charge is -2.47. The number of anilines is 2. The number of amides is 4. The van der Waals surface area contributed by atoms with Crippen LogP contribution >= 0.6 is 11.6 Å². The fraction of sp³-hybridized carbons (Fsp3) is 0.346. The first-order chi connectivity index (χ1) is 17.6. The number of hydrogen-bond donors (Lipinski definition) is 1. The largest absolute Gasteiger partial charge is 0.384 e. The molecule has 3 aromatic rings. The molecule has 1 fully saturated rings. The quantitative estimate of drug-likeness (QED) is 0.475. The molecule has 1 aliphatic heterocycles. The number of nitrogens with zero attached hydrogens (tertiary/aromatic N) is 6. The second kappa shape index (κ2) is 10.6. The monoisotopic (exact) mass is 523 g/mol. The highest BCUT2D eigenvalue weighted by molar-refractivity contribution is 6.30. The van der Waals surface area contributed by atoms with E-state index in [2.05, 4.69) is 9.97 Å². The van der Waals surface area contributed by atoms with Gasteiger partial charge >= 0.3 is 6.03 Å². The van der Waals surface area contributed by atoms with Gasteiger partial charge in [-0.15, -0.1) is 0 Å². The third-order valence-corrected chi connectivity index (χ3v) is 7.02. The Morgan fingerprint density at radius 2 is 1.92 bits per heavy atom. The fourth-order valence-electron chi connectivity index (χ4n) is 4.85. The molecule has 0 spiro atoms. The van der Waals surface area contributed by atoms with Crippen LogP contribution in [0.15, 0.2) is 55.0 Å². The maximum absolute atomic E-state index is 13.7. The normalized spacial score (nSPS) is 17.8. The molecule has 37 heavy (non-hydrogen) atoms. The topological polar surface area (TPSA) is 118 Å². The van der Waals surface area contributed by atoms with Gasteiger partial charge in [-0.25, -0.2) is 14.8 Å². The molecule has 1 saturated heterocycles. The van der Waals surface area contributed by atoms with Crippen molar-refractivity contribution in [1.82, 2.24) is 24.3 Å². The Bertz CT molecular complexity index is 1330. The minimum absolute atomic E-state index is 0.245. The molecule has 0 aliphatic carbocycles. The molecule has 0 saturated carbocycles. The lowest BCUT2D eigenvalue weighted by molar-refractivity contribution is -0.157. The first-order valence-electron chi connectivity index (χ1n) is 11.9. The van der Waals surface area contributed by atoms with Crippen molar-refractivity contribution >= 4 is 41.2 Å². The van der Waals surface area contributed by atoms with E-state index in [0.717, 1.165) is 16.0 Å². The van der Waals surface area contributed by atoms with Crippen LogP contribution in [0.5, 0.6) is 0 Å². The average molecular weight is 524 g/mol. The number of hydrogen-bond acceptors (Lipinski definition) is 6. The molecule has 4 amide bonds. The average Bonchev–Trinajstić information content (AvgIpc) is 3.30. The molecule has 3 heterocycles. The number of imidazole rings is 1. The Morgan fingerprint density at radius 3 is 2.54 bits per heavy atom. The number of β-lactam (4-membered cyclic amide) rings is 1. The molecule has 194 valence electrons. The van der Waals surface area contributed by atoms with Gasteiger partial charge in [0.2, 0.25) is 11.9 Å². The summed E-state index contributed by atoms with van der Waals surface area (Å²) >= 11 is 6.18. The number of nitrogens with two attached hydrogens (primary N) is 1. The number of pyridine rings is 1. The van der Waals surface area contributed by atoms with Gasteiger partial charge in [-0.05, 0) is 48.2 Å². The third-order valence-electron chi connectivity index (χ3n) is 6.79. The van der Waals surface area contributed by atoms with Gasteiger partial charge in [0.05, 0.1) is 12.0 Å². The summed E-state index contributed by atoms with van der Waals surface area (Å²) < 4.78 is 1.70. The molecule has 2 aromatic heterocycles. The van der Waals surface area contributed by atoms with Gasteiger partial charge < -0.3 is 15.2 Å². The number of urea groups is 1. The number of halogens is 1. The van der Waals surface area contributed by atoms with E-state index < -0.39 is 29.8 Å². The van der Waals surface area contributed by atoms with Crippen molar-refractivity contribution < 1.29 is 14.4 Å². The van der Waals surface area contributed by atoms with Crippen molar-refractivity contribution in [3.8, 4) is 0 Å². The number of aryl methyl sites for hydroxylation is 1.